The Morgan fingerprint density at radius 1 is 1.29 bits per heavy atom. The fourth-order valence-corrected chi connectivity index (χ4v) is 2.77. The van der Waals surface area contributed by atoms with Crippen molar-refractivity contribution in [1.82, 2.24) is 19.6 Å². The van der Waals surface area contributed by atoms with Gasteiger partial charge in [0, 0.05) is 24.4 Å². The molecular formula is C19H23F2N5O2. The van der Waals surface area contributed by atoms with E-state index >= 15 is 0 Å². The van der Waals surface area contributed by atoms with Gasteiger partial charge in [-0.15, -0.1) is 5.10 Å². The van der Waals surface area contributed by atoms with Crippen molar-refractivity contribution in [1.29, 1.82) is 0 Å². The lowest BCUT2D eigenvalue weighted by atomic mass is 10.0. The first-order valence-electron chi connectivity index (χ1n) is 8.97. The molecule has 1 unspecified atom stereocenters. The number of nitrogens with two attached hydrogens (primary N) is 1. The fraction of sp³-hybridized carbons (Fsp3) is 0.421. The summed E-state index contributed by atoms with van der Waals surface area (Å²) in [7, 11) is 0. The summed E-state index contributed by atoms with van der Waals surface area (Å²) in [6, 6.07) is 4.53. The van der Waals surface area contributed by atoms with Crippen molar-refractivity contribution in [2.24, 2.45) is 0 Å². The topological polar surface area (TPSA) is 98.6 Å². The van der Waals surface area contributed by atoms with Gasteiger partial charge in [0.05, 0.1) is 30.3 Å². The molecular weight excluding hydrogens is 368 g/mol. The van der Waals surface area contributed by atoms with Crippen LogP contribution < -0.4 is 5.73 Å². The molecule has 1 atom stereocenters. The van der Waals surface area contributed by atoms with Crippen LogP contribution in [0.15, 0.2) is 30.6 Å². The molecule has 4 heterocycles. The summed E-state index contributed by atoms with van der Waals surface area (Å²) >= 11 is 0. The number of hydrogen-bond donors (Lipinski definition) is 2. The third-order valence-corrected chi connectivity index (χ3v) is 4.33. The molecule has 1 aliphatic heterocycles. The summed E-state index contributed by atoms with van der Waals surface area (Å²) < 4.78 is 34.0. The van der Waals surface area contributed by atoms with E-state index in [-0.39, 0.29) is 17.6 Å². The average Bonchev–Trinajstić information content (AvgIpc) is 2.98. The SMILES string of the molecule is CC(C)(F)c1ccc(-c2cc(F)c3cnc(N)nn23)nc1.OC1CCCOC1. The van der Waals surface area contributed by atoms with E-state index in [0.29, 0.717) is 23.6 Å². The van der Waals surface area contributed by atoms with Crippen LogP contribution in [0.2, 0.25) is 0 Å². The van der Waals surface area contributed by atoms with Crippen LogP contribution in [0.3, 0.4) is 0 Å². The second-order valence-corrected chi connectivity index (χ2v) is 7.07. The minimum atomic E-state index is -1.48. The molecule has 7 nitrogen and oxygen atoms in total. The highest BCUT2D eigenvalue weighted by atomic mass is 19.1. The Balaban J connectivity index is 0.000000271. The zero-order valence-corrected chi connectivity index (χ0v) is 15.8. The molecule has 1 saturated heterocycles. The highest BCUT2D eigenvalue weighted by Gasteiger charge is 2.20. The van der Waals surface area contributed by atoms with Crippen LogP contribution in [-0.2, 0) is 10.4 Å². The molecule has 1 aliphatic rings. The first-order chi connectivity index (χ1) is 13.3. The molecule has 0 aliphatic carbocycles. The maximum absolute atomic E-state index is 13.9. The zero-order chi connectivity index (χ0) is 20.3. The van der Waals surface area contributed by atoms with E-state index in [1.807, 2.05) is 0 Å². The van der Waals surface area contributed by atoms with Crippen molar-refractivity contribution in [2.75, 3.05) is 18.9 Å². The summed E-state index contributed by atoms with van der Waals surface area (Å²) in [4.78, 5) is 7.94. The first kappa shape index (κ1) is 20.1. The van der Waals surface area contributed by atoms with Gasteiger partial charge >= 0.3 is 0 Å². The summed E-state index contributed by atoms with van der Waals surface area (Å²) in [6.07, 6.45) is 4.48. The van der Waals surface area contributed by atoms with Gasteiger partial charge in [-0.1, -0.05) is 6.07 Å². The van der Waals surface area contributed by atoms with Crippen molar-refractivity contribution in [2.45, 2.75) is 38.5 Å². The van der Waals surface area contributed by atoms with Crippen molar-refractivity contribution < 1.29 is 18.6 Å². The molecule has 3 aromatic rings. The van der Waals surface area contributed by atoms with E-state index in [1.165, 1.54) is 36.8 Å². The summed E-state index contributed by atoms with van der Waals surface area (Å²) in [5.41, 5.74) is 5.60. The standard InChI is InChI=1S/C14H13F2N5.C5H10O2/c1-14(2,16)8-3-4-10(18-6-8)11-5-9(15)12-7-19-13(17)20-21(11)12;6-5-2-1-3-7-4-5/h3-7H,1-2H3,(H2,17,20);5-6H,1-4H2. The summed E-state index contributed by atoms with van der Waals surface area (Å²) in [5.74, 6) is -0.442. The van der Waals surface area contributed by atoms with Gasteiger partial charge in [0.1, 0.15) is 11.2 Å². The number of ether oxygens (including phenoxy) is 1. The van der Waals surface area contributed by atoms with Crippen molar-refractivity contribution in [3.63, 3.8) is 0 Å². The van der Waals surface area contributed by atoms with Crippen LogP contribution in [0.1, 0.15) is 32.3 Å². The van der Waals surface area contributed by atoms with Gasteiger partial charge in [-0.25, -0.2) is 18.3 Å². The molecule has 0 amide bonds. The number of nitrogen functional groups attached to an aromatic ring is 1. The average molecular weight is 391 g/mol. The Morgan fingerprint density at radius 3 is 2.61 bits per heavy atom. The van der Waals surface area contributed by atoms with Gasteiger partial charge in [0.2, 0.25) is 5.95 Å². The number of fused-ring (bicyclic) bond motifs is 1. The predicted molar refractivity (Wildman–Crippen MR) is 101 cm³/mol. The number of pyridine rings is 1. The number of aliphatic hydroxyl groups is 1. The smallest absolute Gasteiger partial charge is 0.238 e. The third-order valence-electron chi connectivity index (χ3n) is 4.33. The summed E-state index contributed by atoms with van der Waals surface area (Å²) in [6.45, 7) is 4.27. The predicted octanol–water partition coefficient (Wildman–Crippen LogP) is 2.87. The monoisotopic (exact) mass is 391 g/mol. The normalized spacial score (nSPS) is 17.2. The van der Waals surface area contributed by atoms with Gasteiger partial charge in [0.25, 0.3) is 0 Å². The highest BCUT2D eigenvalue weighted by molar-refractivity contribution is 5.64. The van der Waals surface area contributed by atoms with Gasteiger partial charge < -0.3 is 15.6 Å². The zero-order valence-electron chi connectivity index (χ0n) is 15.8. The lowest BCUT2D eigenvalue weighted by molar-refractivity contribution is -0.00535. The maximum atomic E-state index is 13.9. The molecule has 3 N–H and O–H groups in total. The number of nitrogens with zero attached hydrogens (tertiary/aromatic N) is 4. The molecule has 150 valence electrons. The van der Waals surface area contributed by atoms with E-state index in [9.17, 15) is 8.78 Å². The number of aliphatic hydroxyl groups excluding tert-OH is 1. The highest BCUT2D eigenvalue weighted by Crippen LogP contribution is 2.27. The van der Waals surface area contributed by atoms with E-state index in [4.69, 9.17) is 15.6 Å². The van der Waals surface area contributed by atoms with E-state index in [2.05, 4.69) is 15.1 Å². The molecule has 0 bridgehead atoms. The lowest BCUT2D eigenvalue weighted by Crippen LogP contribution is -2.21. The minimum absolute atomic E-state index is 0.0286. The second-order valence-electron chi connectivity index (χ2n) is 7.07. The number of alkyl halides is 1. The Hall–Kier alpha value is -2.65. The lowest BCUT2D eigenvalue weighted by Gasteiger charge is -2.15. The summed E-state index contributed by atoms with van der Waals surface area (Å²) in [5, 5.41) is 12.8. The van der Waals surface area contributed by atoms with E-state index in [0.717, 1.165) is 19.4 Å². The van der Waals surface area contributed by atoms with E-state index < -0.39 is 11.5 Å². The van der Waals surface area contributed by atoms with Crippen LogP contribution in [-0.4, -0.2) is 44.0 Å². The Labute approximate surface area is 161 Å². The van der Waals surface area contributed by atoms with Crippen LogP contribution in [0.4, 0.5) is 14.7 Å². The van der Waals surface area contributed by atoms with Gasteiger partial charge in [-0.2, -0.15) is 0 Å². The number of rotatable bonds is 2. The molecule has 0 spiro atoms. The van der Waals surface area contributed by atoms with Crippen LogP contribution in [0.25, 0.3) is 16.9 Å². The van der Waals surface area contributed by atoms with Gasteiger partial charge in [-0.3, -0.25) is 4.98 Å². The Morgan fingerprint density at radius 2 is 2.07 bits per heavy atom. The first-order valence-corrected chi connectivity index (χ1v) is 8.97. The van der Waals surface area contributed by atoms with Crippen LogP contribution in [0.5, 0.6) is 0 Å². The quantitative estimate of drug-likeness (QED) is 0.697. The number of anilines is 1. The molecule has 28 heavy (non-hydrogen) atoms. The Kier molecular flexibility index (Phi) is 5.85. The van der Waals surface area contributed by atoms with Crippen molar-refractivity contribution in [3.05, 3.63) is 42.0 Å². The molecule has 3 aromatic heterocycles. The maximum Gasteiger partial charge on any atom is 0.238 e. The number of aromatic nitrogens is 4. The molecule has 4 rings (SSSR count). The third kappa shape index (κ3) is 4.60. The van der Waals surface area contributed by atoms with Gasteiger partial charge in [-0.05, 0) is 32.8 Å². The molecule has 0 saturated carbocycles. The molecule has 0 radical (unpaired) electrons. The second kappa shape index (κ2) is 8.15. The van der Waals surface area contributed by atoms with Gasteiger partial charge in [0.15, 0.2) is 5.82 Å². The van der Waals surface area contributed by atoms with E-state index in [1.54, 1.807) is 12.1 Å². The molecule has 0 aromatic carbocycles. The van der Waals surface area contributed by atoms with Crippen LogP contribution in [0, 0.1) is 5.82 Å². The fourth-order valence-electron chi connectivity index (χ4n) is 2.77. The van der Waals surface area contributed by atoms with Crippen molar-refractivity contribution >= 4 is 11.5 Å². The van der Waals surface area contributed by atoms with Crippen LogP contribution >= 0.6 is 0 Å². The Bertz CT molecular complexity index is 932. The minimum Gasteiger partial charge on any atom is -0.391 e. The van der Waals surface area contributed by atoms with Crippen molar-refractivity contribution in [3.8, 4) is 11.4 Å². The number of hydrogen-bond acceptors (Lipinski definition) is 6. The molecule has 9 heteroatoms. The number of halogens is 2. The largest absolute Gasteiger partial charge is 0.391 e. The molecule has 1 fully saturated rings.